The third kappa shape index (κ3) is 4.49. The van der Waals surface area contributed by atoms with Crippen LogP contribution in [-0.2, 0) is 11.2 Å². The summed E-state index contributed by atoms with van der Waals surface area (Å²) in [6.07, 6.45) is 10.9. The maximum absolute atomic E-state index is 11.9. The van der Waals surface area contributed by atoms with Gasteiger partial charge in [-0.05, 0) is 40.8 Å². The van der Waals surface area contributed by atoms with E-state index >= 15 is 0 Å². The van der Waals surface area contributed by atoms with E-state index in [2.05, 4.69) is 60.2 Å². The molecule has 132 valence electrons. The molecule has 0 aromatic heterocycles. The van der Waals surface area contributed by atoms with E-state index in [0.29, 0.717) is 6.54 Å². The summed E-state index contributed by atoms with van der Waals surface area (Å²) in [5.41, 5.74) is 8.95. The lowest BCUT2D eigenvalue weighted by atomic mass is 9.93. The molecule has 2 N–H and O–H groups in total. The van der Waals surface area contributed by atoms with Crippen LogP contribution in [0.25, 0.3) is 16.8 Å². The third-order valence-electron chi connectivity index (χ3n) is 4.95. The summed E-state index contributed by atoms with van der Waals surface area (Å²) in [6, 6.07) is 12.9. The lowest BCUT2D eigenvalue weighted by Crippen LogP contribution is -2.25. The van der Waals surface area contributed by atoms with Gasteiger partial charge in [0, 0.05) is 12.1 Å². The molecule has 0 saturated carbocycles. The molecule has 25 heavy (non-hydrogen) atoms. The molecule has 0 bridgehead atoms. The van der Waals surface area contributed by atoms with E-state index in [1.165, 1.54) is 60.4 Å². The Hall–Kier alpha value is -2.13. The number of hydrogen-bond acceptors (Lipinski definition) is 2. The monoisotopic (exact) mass is 336 g/mol. The molecular formula is C22H28N2O. The first-order valence-corrected chi connectivity index (χ1v) is 9.54. The number of hydrogen-bond donors (Lipinski definition) is 2. The minimum absolute atomic E-state index is 0.0153. The maximum Gasteiger partial charge on any atom is 0.262 e. The second kappa shape index (κ2) is 8.82. The molecule has 3 rings (SSSR count). The molecule has 3 heteroatoms. The number of amides is 1. The first-order chi connectivity index (χ1) is 12.3. The van der Waals surface area contributed by atoms with E-state index in [1.54, 1.807) is 0 Å². The minimum Gasteiger partial charge on any atom is -0.287 e. The van der Waals surface area contributed by atoms with Crippen molar-refractivity contribution in [1.29, 1.82) is 0 Å². The summed E-state index contributed by atoms with van der Waals surface area (Å²) < 4.78 is 0. The Kier molecular flexibility index (Phi) is 6.24. The zero-order valence-electron chi connectivity index (χ0n) is 15.1. The molecule has 1 saturated heterocycles. The van der Waals surface area contributed by atoms with Gasteiger partial charge in [0.05, 0.1) is 0 Å². The predicted octanol–water partition coefficient (Wildman–Crippen LogP) is 4.76. The van der Waals surface area contributed by atoms with Crippen molar-refractivity contribution in [3.63, 3.8) is 0 Å². The number of fused-ring (bicyclic) bond motifs is 1. The number of nitrogens with one attached hydrogen (secondary N) is 2. The lowest BCUT2D eigenvalue weighted by Gasteiger charge is -2.11. The fourth-order valence-electron chi connectivity index (χ4n) is 3.50. The minimum atomic E-state index is -0.0153. The molecule has 1 amide bonds. The van der Waals surface area contributed by atoms with Gasteiger partial charge >= 0.3 is 0 Å². The van der Waals surface area contributed by atoms with Crippen LogP contribution < -0.4 is 10.9 Å². The van der Waals surface area contributed by atoms with Gasteiger partial charge in [-0.3, -0.25) is 10.2 Å². The van der Waals surface area contributed by atoms with Crippen LogP contribution in [0.15, 0.2) is 42.0 Å². The van der Waals surface area contributed by atoms with Crippen LogP contribution >= 0.6 is 0 Å². The summed E-state index contributed by atoms with van der Waals surface area (Å²) in [5.74, 6) is -0.0153. The van der Waals surface area contributed by atoms with E-state index < -0.39 is 0 Å². The molecule has 0 radical (unpaired) electrons. The highest BCUT2D eigenvalue weighted by Crippen LogP contribution is 2.27. The molecular weight excluding hydrogens is 308 g/mol. The zero-order chi connectivity index (χ0) is 17.5. The summed E-state index contributed by atoms with van der Waals surface area (Å²) >= 11 is 0. The van der Waals surface area contributed by atoms with Crippen molar-refractivity contribution in [3.05, 3.63) is 53.1 Å². The Morgan fingerprint density at radius 3 is 2.60 bits per heavy atom. The fraction of sp³-hybridized carbons (Fsp3) is 0.409. The SMILES string of the molecule is CCCCCCCCc1ccc2ccccc2c1/C=C1\CNNC1=O. The molecule has 0 aliphatic carbocycles. The predicted molar refractivity (Wildman–Crippen MR) is 105 cm³/mol. The lowest BCUT2D eigenvalue weighted by molar-refractivity contribution is -0.116. The molecule has 3 nitrogen and oxygen atoms in total. The topological polar surface area (TPSA) is 41.1 Å². The molecule has 0 unspecified atom stereocenters. The van der Waals surface area contributed by atoms with Gasteiger partial charge < -0.3 is 0 Å². The van der Waals surface area contributed by atoms with Gasteiger partial charge in [-0.1, -0.05) is 75.4 Å². The van der Waals surface area contributed by atoms with E-state index in [4.69, 9.17) is 0 Å². The standard InChI is InChI=1S/C22H28N2O/c1-2-3-4-5-6-7-10-18-14-13-17-11-8-9-12-20(17)21(18)15-19-16-23-24-22(19)25/h8-9,11-15,23H,2-7,10,16H2,1H3,(H,24,25)/b19-15+. The number of carbonyl (C=O) groups is 1. The van der Waals surface area contributed by atoms with Crippen LogP contribution in [0.2, 0.25) is 0 Å². The second-order valence-electron chi connectivity index (χ2n) is 6.85. The van der Waals surface area contributed by atoms with Crippen molar-refractivity contribution in [2.24, 2.45) is 0 Å². The van der Waals surface area contributed by atoms with Crippen LogP contribution in [0.5, 0.6) is 0 Å². The average Bonchev–Trinajstić information content (AvgIpc) is 3.04. The maximum atomic E-state index is 11.9. The highest BCUT2D eigenvalue weighted by Gasteiger charge is 2.17. The Morgan fingerprint density at radius 1 is 1.00 bits per heavy atom. The van der Waals surface area contributed by atoms with Gasteiger partial charge in [0.15, 0.2) is 0 Å². The second-order valence-corrected chi connectivity index (χ2v) is 6.85. The van der Waals surface area contributed by atoms with Gasteiger partial charge in [0.2, 0.25) is 0 Å². The van der Waals surface area contributed by atoms with Crippen molar-refractivity contribution in [1.82, 2.24) is 10.9 Å². The van der Waals surface area contributed by atoms with Crippen LogP contribution in [0.3, 0.4) is 0 Å². The number of benzene rings is 2. The summed E-state index contributed by atoms with van der Waals surface area (Å²) in [7, 11) is 0. The Bertz CT molecular complexity index is 764. The summed E-state index contributed by atoms with van der Waals surface area (Å²) in [4.78, 5) is 11.9. The highest BCUT2D eigenvalue weighted by molar-refractivity contribution is 6.03. The van der Waals surface area contributed by atoms with Crippen LogP contribution in [0, 0.1) is 0 Å². The quantitative estimate of drug-likeness (QED) is 0.539. The normalized spacial score (nSPS) is 15.9. The first kappa shape index (κ1) is 17.7. The average molecular weight is 336 g/mol. The van der Waals surface area contributed by atoms with E-state index in [1.807, 2.05) is 0 Å². The molecule has 1 heterocycles. The van der Waals surface area contributed by atoms with Crippen molar-refractivity contribution in [2.45, 2.75) is 51.9 Å². The van der Waals surface area contributed by atoms with Crippen molar-refractivity contribution in [2.75, 3.05) is 6.54 Å². The third-order valence-corrected chi connectivity index (χ3v) is 4.95. The van der Waals surface area contributed by atoms with E-state index in [-0.39, 0.29) is 5.91 Å². The van der Waals surface area contributed by atoms with E-state index in [0.717, 1.165) is 12.0 Å². The Balaban J connectivity index is 1.82. The number of carbonyl (C=O) groups excluding carboxylic acids is 1. The fourth-order valence-corrected chi connectivity index (χ4v) is 3.50. The molecule has 2 aromatic rings. The molecule has 0 spiro atoms. The smallest absolute Gasteiger partial charge is 0.262 e. The number of aryl methyl sites for hydroxylation is 1. The van der Waals surface area contributed by atoms with Gasteiger partial charge in [-0.2, -0.15) is 0 Å². The molecule has 0 atom stereocenters. The van der Waals surface area contributed by atoms with Gasteiger partial charge in [-0.15, -0.1) is 0 Å². The zero-order valence-corrected chi connectivity index (χ0v) is 15.1. The van der Waals surface area contributed by atoms with Crippen molar-refractivity contribution < 1.29 is 4.79 Å². The van der Waals surface area contributed by atoms with Gasteiger partial charge in [0.25, 0.3) is 5.91 Å². The number of unbranched alkanes of at least 4 members (excludes halogenated alkanes) is 5. The van der Waals surface area contributed by atoms with Gasteiger partial charge in [-0.25, -0.2) is 5.43 Å². The number of rotatable bonds is 8. The molecule has 2 aromatic carbocycles. The van der Waals surface area contributed by atoms with Crippen molar-refractivity contribution in [3.8, 4) is 0 Å². The van der Waals surface area contributed by atoms with Crippen LogP contribution in [0.1, 0.15) is 56.6 Å². The number of hydrazine groups is 1. The molecule has 1 aliphatic rings. The first-order valence-electron chi connectivity index (χ1n) is 9.54. The summed E-state index contributed by atoms with van der Waals surface area (Å²) in [5, 5.41) is 2.46. The van der Waals surface area contributed by atoms with Gasteiger partial charge in [0.1, 0.15) is 0 Å². The van der Waals surface area contributed by atoms with Crippen LogP contribution in [0.4, 0.5) is 0 Å². The van der Waals surface area contributed by atoms with Crippen molar-refractivity contribution >= 4 is 22.8 Å². The van der Waals surface area contributed by atoms with Crippen LogP contribution in [-0.4, -0.2) is 12.5 Å². The molecule has 1 aliphatic heterocycles. The highest BCUT2D eigenvalue weighted by atomic mass is 16.2. The summed E-state index contributed by atoms with van der Waals surface area (Å²) in [6.45, 7) is 2.83. The Morgan fingerprint density at radius 2 is 1.80 bits per heavy atom. The molecule has 1 fully saturated rings. The largest absolute Gasteiger partial charge is 0.287 e. The Labute approximate surface area is 150 Å². The van der Waals surface area contributed by atoms with E-state index in [9.17, 15) is 4.79 Å².